The molecule has 0 unspecified atom stereocenters. The van der Waals surface area contributed by atoms with Crippen molar-refractivity contribution >= 4 is 24.3 Å². The van der Waals surface area contributed by atoms with Crippen LogP contribution in [0.1, 0.15) is 0 Å². The molecule has 6 aromatic carbocycles. The Morgan fingerprint density at radius 1 is 0.444 bits per heavy atom. The fraction of sp³-hybridized carbons (Fsp3) is 0. The third-order valence-corrected chi connectivity index (χ3v) is 7.63. The first-order chi connectivity index (χ1) is 22.3. The number of aromatic nitrogens is 2. The molecule has 0 spiro atoms. The number of rotatable bonds is 9. The third kappa shape index (κ3) is 6.68. The van der Waals surface area contributed by atoms with Gasteiger partial charge in [0.2, 0.25) is 0 Å². The van der Waals surface area contributed by atoms with Crippen molar-refractivity contribution in [3.8, 4) is 50.8 Å². The average Bonchev–Trinajstić information content (AvgIpc) is 3.13. The predicted molar refractivity (Wildman–Crippen MR) is 187 cm³/mol. The Morgan fingerprint density at radius 3 is 1.58 bits per heavy atom. The van der Waals surface area contributed by atoms with E-state index in [9.17, 15) is 0 Å². The van der Waals surface area contributed by atoms with Crippen LogP contribution in [0.2, 0.25) is 0 Å². The Balaban J connectivity index is 1.09. The SMILES string of the molecule is B(Oc1ccccc1Nc1ccc(-c2cc(-c3ccccc3)nc(-c3ccccc3)n2)cc1)c1ccc(-c2ccccc2)cc1. The summed E-state index contributed by atoms with van der Waals surface area (Å²) in [5, 5.41) is 3.53. The minimum Gasteiger partial charge on any atom is -0.558 e. The van der Waals surface area contributed by atoms with Gasteiger partial charge in [-0.05, 0) is 46.9 Å². The number of hydrogen-bond donors (Lipinski definition) is 1. The number of benzene rings is 6. The quantitative estimate of drug-likeness (QED) is 0.174. The molecule has 0 aliphatic heterocycles. The molecular weight excluding hydrogens is 549 g/mol. The monoisotopic (exact) mass is 579 g/mol. The molecule has 0 saturated heterocycles. The minimum atomic E-state index is 0.480. The summed E-state index contributed by atoms with van der Waals surface area (Å²) in [5.74, 6) is 1.50. The van der Waals surface area contributed by atoms with Crippen molar-refractivity contribution in [1.82, 2.24) is 9.97 Å². The van der Waals surface area contributed by atoms with Crippen LogP contribution in [-0.2, 0) is 0 Å². The van der Waals surface area contributed by atoms with Crippen LogP contribution in [0, 0.1) is 0 Å². The van der Waals surface area contributed by atoms with Gasteiger partial charge in [-0.2, -0.15) is 0 Å². The smallest absolute Gasteiger partial charge is 0.374 e. The lowest BCUT2D eigenvalue weighted by Crippen LogP contribution is -2.20. The maximum absolute atomic E-state index is 6.27. The second kappa shape index (κ2) is 13.1. The predicted octanol–water partition coefficient (Wildman–Crippen LogP) is 8.94. The Hall–Kier alpha value is -5.94. The zero-order valence-corrected chi connectivity index (χ0v) is 24.7. The van der Waals surface area contributed by atoms with Crippen LogP contribution < -0.4 is 15.4 Å². The van der Waals surface area contributed by atoms with Crippen LogP contribution in [0.3, 0.4) is 0 Å². The normalized spacial score (nSPS) is 10.7. The summed E-state index contributed by atoms with van der Waals surface area (Å²) in [4.78, 5) is 9.85. The fourth-order valence-corrected chi connectivity index (χ4v) is 5.23. The van der Waals surface area contributed by atoms with Crippen molar-refractivity contribution in [3.63, 3.8) is 0 Å². The third-order valence-electron chi connectivity index (χ3n) is 7.63. The molecule has 0 aliphatic carbocycles. The molecule has 0 fully saturated rings. The fourth-order valence-electron chi connectivity index (χ4n) is 5.23. The van der Waals surface area contributed by atoms with E-state index in [2.05, 4.69) is 96.3 Å². The van der Waals surface area contributed by atoms with Gasteiger partial charge < -0.3 is 9.97 Å². The van der Waals surface area contributed by atoms with Gasteiger partial charge in [-0.1, -0.05) is 140 Å². The number of nitrogens with one attached hydrogen (secondary N) is 1. The van der Waals surface area contributed by atoms with Crippen molar-refractivity contribution in [2.75, 3.05) is 5.32 Å². The van der Waals surface area contributed by atoms with Crippen molar-refractivity contribution in [2.24, 2.45) is 0 Å². The zero-order chi connectivity index (χ0) is 30.3. The van der Waals surface area contributed by atoms with E-state index in [1.165, 1.54) is 11.1 Å². The maximum atomic E-state index is 6.27. The largest absolute Gasteiger partial charge is 0.558 e. The van der Waals surface area contributed by atoms with E-state index >= 15 is 0 Å². The van der Waals surface area contributed by atoms with Crippen molar-refractivity contribution in [1.29, 1.82) is 0 Å². The molecular formula is C40H30BN3O. The summed E-state index contributed by atoms with van der Waals surface area (Å²) in [5.41, 5.74) is 10.2. The number of anilines is 2. The lowest BCUT2D eigenvalue weighted by atomic mass is 9.86. The van der Waals surface area contributed by atoms with E-state index in [1.807, 2.05) is 78.9 Å². The molecule has 7 rings (SSSR count). The summed E-state index contributed by atoms with van der Waals surface area (Å²) in [6.07, 6.45) is 0. The first kappa shape index (κ1) is 27.9. The van der Waals surface area contributed by atoms with E-state index < -0.39 is 0 Å². The Morgan fingerprint density at radius 2 is 0.933 bits per heavy atom. The Bertz CT molecular complexity index is 1940. The van der Waals surface area contributed by atoms with E-state index in [4.69, 9.17) is 14.6 Å². The second-order valence-electron chi connectivity index (χ2n) is 10.7. The molecule has 0 amide bonds. The van der Waals surface area contributed by atoms with Gasteiger partial charge in [0, 0.05) is 22.4 Å². The highest BCUT2D eigenvalue weighted by Crippen LogP contribution is 2.31. The first-order valence-corrected chi connectivity index (χ1v) is 15.0. The van der Waals surface area contributed by atoms with Gasteiger partial charge in [-0.25, -0.2) is 9.97 Å². The van der Waals surface area contributed by atoms with Gasteiger partial charge in [-0.3, -0.25) is 0 Å². The lowest BCUT2D eigenvalue weighted by molar-refractivity contribution is 0.607. The van der Waals surface area contributed by atoms with Gasteiger partial charge in [0.25, 0.3) is 0 Å². The minimum absolute atomic E-state index is 0.480. The Labute approximate surface area is 264 Å². The van der Waals surface area contributed by atoms with E-state index in [0.29, 0.717) is 13.3 Å². The molecule has 0 radical (unpaired) electrons. The number of para-hydroxylation sites is 2. The van der Waals surface area contributed by atoms with Crippen molar-refractivity contribution in [3.05, 3.63) is 170 Å². The van der Waals surface area contributed by atoms with Crippen LogP contribution >= 0.6 is 0 Å². The highest BCUT2D eigenvalue weighted by molar-refractivity contribution is 6.47. The first-order valence-electron chi connectivity index (χ1n) is 15.0. The molecule has 1 N–H and O–H groups in total. The summed E-state index contributed by atoms with van der Waals surface area (Å²) < 4.78 is 6.27. The molecule has 1 heterocycles. The highest BCUT2D eigenvalue weighted by atomic mass is 16.4. The molecule has 4 nitrogen and oxygen atoms in total. The van der Waals surface area contributed by atoms with E-state index in [1.54, 1.807) is 0 Å². The van der Waals surface area contributed by atoms with Gasteiger partial charge in [0.05, 0.1) is 17.1 Å². The summed E-state index contributed by atoms with van der Waals surface area (Å²) >= 11 is 0. The van der Waals surface area contributed by atoms with Crippen molar-refractivity contribution in [2.45, 2.75) is 0 Å². The van der Waals surface area contributed by atoms with Crippen LogP contribution in [0.15, 0.2) is 170 Å². The topological polar surface area (TPSA) is 47.0 Å². The zero-order valence-electron chi connectivity index (χ0n) is 24.7. The van der Waals surface area contributed by atoms with Gasteiger partial charge in [0.1, 0.15) is 5.75 Å². The lowest BCUT2D eigenvalue weighted by Gasteiger charge is -2.14. The van der Waals surface area contributed by atoms with E-state index in [0.717, 1.165) is 50.7 Å². The molecule has 45 heavy (non-hydrogen) atoms. The summed E-state index contributed by atoms with van der Waals surface area (Å²) in [6, 6.07) is 57.7. The molecule has 0 atom stereocenters. The standard InChI is InChI=1S/C40H30BN3O/c1-4-12-29(13-5-1)30-20-24-34(25-21-30)41-45-39-19-11-10-18-36(39)42-35-26-22-32(23-27-35)38-28-37(31-14-6-2-7-15-31)43-40(44-38)33-16-8-3-9-17-33/h1-28,41-42H. The van der Waals surface area contributed by atoms with E-state index in [-0.39, 0.29) is 0 Å². The van der Waals surface area contributed by atoms with Crippen LogP contribution in [0.5, 0.6) is 5.75 Å². The average molecular weight is 580 g/mol. The highest BCUT2D eigenvalue weighted by Gasteiger charge is 2.11. The van der Waals surface area contributed by atoms with Crippen LogP contribution in [0.25, 0.3) is 45.0 Å². The van der Waals surface area contributed by atoms with Crippen molar-refractivity contribution < 1.29 is 4.65 Å². The maximum Gasteiger partial charge on any atom is 0.374 e. The molecule has 5 heteroatoms. The number of hydrogen-bond acceptors (Lipinski definition) is 4. The van der Waals surface area contributed by atoms with Gasteiger partial charge in [0.15, 0.2) is 5.82 Å². The summed E-state index contributed by atoms with van der Waals surface area (Å²) in [6.45, 7) is 0. The molecule has 0 aliphatic rings. The molecule has 214 valence electrons. The molecule has 0 bridgehead atoms. The Kier molecular flexibility index (Phi) is 8.14. The summed E-state index contributed by atoms with van der Waals surface area (Å²) in [7, 11) is 0.480. The van der Waals surface area contributed by atoms with Crippen LogP contribution in [-0.4, -0.2) is 17.5 Å². The molecule has 0 saturated carbocycles. The van der Waals surface area contributed by atoms with Gasteiger partial charge >= 0.3 is 7.48 Å². The number of nitrogens with zero attached hydrogens (tertiary/aromatic N) is 2. The van der Waals surface area contributed by atoms with Gasteiger partial charge in [-0.15, -0.1) is 0 Å². The molecule has 7 aromatic rings. The van der Waals surface area contributed by atoms with Crippen LogP contribution in [0.4, 0.5) is 11.4 Å². The molecule has 1 aromatic heterocycles. The second-order valence-corrected chi connectivity index (χ2v) is 10.7.